The van der Waals surface area contributed by atoms with Crippen molar-refractivity contribution in [2.75, 3.05) is 13.6 Å². The van der Waals surface area contributed by atoms with Crippen molar-refractivity contribution >= 4 is 21.9 Å². The number of nitrogens with two attached hydrogens (primary N) is 1. The van der Waals surface area contributed by atoms with Crippen LogP contribution in [0.5, 0.6) is 0 Å². The van der Waals surface area contributed by atoms with E-state index >= 15 is 0 Å². The standard InChI is InChI=1S/C10H12N2O5S/c1-12(6-9(11)13)18(16,17)8-4-2-3-7(5-8)10(14)15/h2-5H,6H2,1H3,(H2,11,13)(H,14,15). The summed E-state index contributed by atoms with van der Waals surface area (Å²) in [5.74, 6) is -2.03. The van der Waals surface area contributed by atoms with E-state index < -0.39 is 28.4 Å². The van der Waals surface area contributed by atoms with Gasteiger partial charge in [0.15, 0.2) is 0 Å². The molecule has 0 aliphatic carbocycles. The van der Waals surface area contributed by atoms with Gasteiger partial charge in [0.2, 0.25) is 15.9 Å². The van der Waals surface area contributed by atoms with Crippen LogP contribution in [0.2, 0.25) is 0 Å². The van der Waals surface area contributed by atoms with E-state index in [4.69, 9.17) is 10.8 Å². The number of carbonyl (C=O) groups is 2. The molecule has 0 fully saturated rings. The Kier molecular flexibility index (Phi) is 4.04. The second-order valence-corrected chi connectivity index (χ2v) is 5.61. The van der Waals surface area contributed by atoms with Gasteiger partial charge in [-0.15, -0.1) is 0 Å². The van der Waals surface area contributed by atoms with Crippen molar-refractivity contribution in [3.63, 3.8) is 0 Å². The smallest absolute Gasteiger partial charge is 0.335 e. The molecule has 1 amide bonds. The number of sulfonamides is 1. The summed E-state index contributed by atoms with van der Waals surface area (Å²) in [7, 11) is -2.73. The molecule has 3 N–H and O–H groups in total. The van der Waals surface area contributed by atoms with E-state index in [2.05, 4.69) is 0 Å². The van der Waals surface area contributed by atoms with Gasteiger partial charge in [-0.25, -0.2) is 13.2 Å². The fraction of sp³-hybridized carbons (Fsp3) is 0.200. The molecule has 1 aromatic rings. The van der Waals surface area contributed by atoms with Crippen molar-refractivity contribution in [2.45, 2.75) is 4.90 Å². The van der Waals surface area contributed by atoms with Gasteiger partial charge in [-0.3, -0.25) is 4.79 Å². The zero-order valence-electron chi connectivity index (χ0n) is 9.53. The summed E-state index contributed by atoms with van der Waals surface area (Å²) in [6.07, 6.45) is 0. The van der Waals surface area contributed by atoms with Gasteiger partial charge in [-0.1, -0.05) is 6.07 Å². The molecule has 0 bridgehead atoms. The molecule has 8 heteroatoms. The Morgan fingerprint density at radius 2 is 2.00 bits per heavy atom. The van der Waals surface area contributed by atoms with Gasteiger partial charge in [0.1, 0.15) is 0 Å². The monoisotopic (exact) mass is 272 g/mol. The van der Waals surface area contributed by atoms with Crippen LogP contribution in [-0.4, -0.2) is 43.3 Å². The number of carboxylic acid groups (broad SMARTS) is 1. The summed E-state index contributed by atoms with van der Waals surface area (Å²) in [4.78, 5) is 21.2. The number of likely N-dealkylation sites (N-methyl/N-ethyl adjacent to an activating group) is 1. The minimum atomic E-state index is -3.92. The predicted molar refractivity (Wildman–Crippen MR) is 62.4 cm³/mol. The van der Waals surface area contributed by atoms with Crippen LogP contribution in [-0.2, 0) is 14.8 Å². The lowest BCUT2D eigenvalue weighted by molar-refractivity contribution is -0.118. The van der Waals surface area contributed by atoms with Crippen LogP contribution in [0.3, 0.4) is 0 Å². The zero-order valence-corrected chi connectivity index (χ0v) is 10.3. The highest BCUT2D eigenvalue weighted by molar-refractivity contribution is 7.89. The van der Waals surface area contributed by atoms with E-state index in [0.29, 0.717) is 0 Å². The van der Waals surface area contributed by atoms with Crippen LogP contribution in [0, 0.1) is 0 Å². The number of carboxylic acids is 1. The quantitative estimate of drug-likeness (QED) is 0.748. The Morgan fingerprint density at radius 1 is 1.39 bits per heavy atom. The minimum absolute atomic E-state index is 0.149. The van der Waals surface area contributed by atoms with Crippen LogP contribution in [0.25, 0.3) is 0 Å². The number of hydrogen-bond acceptors (Lipinski definition) is 4. The lowest BCUT2D eigenvalue weighted by Gasteiger charge is -2.15. The van der Waals surface area contributed by atoms with Crippen molar-refractivity contribution < 1.29 is 23.1 Å². The summed E-state index contributed by atoms with van der Waals surface area (Å²) >= 11 is 0. The molecule has 1 rings (SSSR count). The van der Waals surface area contributed by atoms with Crippen molar-refractivity contribution in [3.8, 4) is 0 Å². The first-order valence-corrected chi connectivity index (χ1v) is 6.27. The first kappa shape index (κ1) is 14.1. The highest BCUT2D eigenvalue weighted by Gasteiger charge is 2.22. The second kappa shape index (κ2) is 5.15. The van der Waals surface area contributed by atoms with Gasteiger partial charge >= 0.3 is 5.97 Å². The van der Waals surface area contributed by atoms with Crippen molar-refractivity contribution in [1.82, 2.24) is 4.31 Å². The van der Waals surface area contributed by atoms with Crippen molar-refractivity contribution in [3.05, 3.63) is 29.8 Å². The second-order valence-electron chi connectivity index (χ2n) is 3.56. The summed E-state index contributed by atoms with van der Waals surface area (Å²) in [6, 6.07) is 4.86. The maximum atomic E-state index is 12.0. The molecule has 0 atom stereocenters. The topological polar surface area (TPSA) is 118 Å². The number of rotatable bonds is 5. The molecular formula is C10H12N2O5S. The molecule has 0 aromatic heterocycles. The van der Waals surface area contributed by atoms with E-state index in [-0.39, 0.29) is 10.5 Å². The number of hydrogen-bond donors (Lipinski definition) is 2. The maximum absolute atomic E-state index is 12.0. The molecule has 0 aliphatic heterocycles. The largest absolute Gasteiger partial charge is 0.478 e. The molecule has 0 radical (unpaired) electrons. The third-order valence-electron chi connectivity index (χ3n) is 2.17. The summed E-state index contributed by atoms with van der Waals surface area (Å²) in [5, 5.41) is 8.78. The van der Waals surface area contributed by atoms with Gasteiger partial charge in [0.25, 0.3) is 0 Å². The van der Waals surface area contributed by atoms with Gasteiger partial charge in [-0.2, -0.15) is 4.31 Å². The molecular weight excluding hydrogens is 260 g/mol. The molecule has 0 aliphatic rings. The Morgan fingerprint density at radius 3 is 2.50 bits per heavy atom. The Labute approximate surface area is 104 Å². The molecule has 1 aromatic carbocycles. The molecule has 0 unspecified atom stereocenters. The average Bonchev–Trinajstić information content (AvgIpc) is 2.28. The fourth-order valence-electron chi connectivity index (χ4n) is 1.27. The van der Waals surface area contributed by atoms with E-state index in [1.165, 1.54) is 25.2 Å². The van der Waals surface area contributed by atoms with E-state index in [9.17, 15) is 18.0 Å². The van der Waals surface area contributed by atoms with Crippen LogP contribution in [0.4, 0.5) is 0 Å². The molecule has 18 heavy (non-hydrogen) atoms. The molecule has 0 heterocycles. The maximum Gasteiger partial charge on any atom is 0.335 e. The third kappa shape index (κ3) is 3.05. The summed E-state index contributed by atoms with van der Waals surface area (Å²) in [5.41, 5.74) is 4.76. The normalized spacial score (nSPS) is 11.4. The van der Waals surface area contributed by atoms with E-state index in [1.807, 2.05) is 0 Å². The van der Waals surface area contributed by atoms with Crippen LogP contribution < -0.4 is 5.73 Å². The summed E-state index contributed by atoms with van der Waals surface area (Å²) < 4.78 is 24.7. The van der Waals surface area contributed by atoms with Gasteiger partial charge in [0, 0.05) is 7.05 Å². The Hall–Kier alpha value is -1.93. The highest BCUT2D eigenvalue weighted by atomic mass is 32.2. The lowest BCUT2D eigenvalue weighted by Crippen LogP contribution is -2.35. The molecule has 0 saturated heterocycles. The van der Waals surface area contributed by atoms with Crippen LogP contribution in [0.1, 0.15) is 10.4 Å². The average molecular weight is 272 g/mol. The van der Waals surface area contributed by atoms with E-state index in [0.717, 1.165) is 10.4 Å². The Bertz CT molecular complexity index is 582. The molecule has 7 nitrogen and oxygen atoms in total. The fourth-order valence-corrected chi connectivity index (χ4v) is 2.46. The minimum Gasteiger partial charge on any atom is -0.478 e. The predicted octanol–water partition coefficient (Wildman–Crippen LogP) is -0.509. The van der Waals surface area contributed by atoms with Gasteiger partial charge in [0.05, 0.1) is 17.0 Å². The first-order chi connectivity index (χ1) is 8.25. The van der Waals surface area contributed by atoms with E-state index in [1.54, 1.807) is 0 Å². The van der Waals surface area contributed by atoms with Crippen molar-refractivity contribution in [2.24, 2.45) is 5.73 Å². The number of amides is 1. The number of nitrogens with zero attached hydrogens (tertiary/aromatic N) is 1. The molecule has 98 valence electrons. The van der Waals surface area contributed by atoms with Crippen LogP contribution >= 0.6 is 0 Å². The molecule has 0 saturated carbocycles. The van der Waals surface area contributed by atoms with Crippen molar-refractivity contribution in [1.29, 1.82) is 0 Å². The van der Waals surface area contributed by atoms with Gasteiger partial charge in [-0.05, 0) is 18.2 Å². The number of benzene rings is 1. The molecule has 0 spiro atoms. The number of aromatic carboxylic acids is 1. The zero-order chi connectivity index (χ0) is 13.9. The highest BCUT2D eigenvalue weighted by Crippen LogP contribution is 2.15. The number of carbonyl (C=O) groups excluding carboxylic acids is 1. The Balaban J connectivity index is 3.16. The lowest BCUT2D eigenvalue weighted by atomic mass is 10.2. The van der Waals surface area contributed by atoms with Gasteiger partial charge < -0.3 is 10.8 Å². The summed E-state index contributed by atoms with van der Waals surface area (Å²) in [6.45, 7) is -0.473. The SMILES string of the molecule is CN(CC(N)=O)S(=O)(=O)c1cccc(C(=O)O)c1. The third-order valence-corrected chi connectivity index (χ3v) is 3.97. The van der Waals surface area contributed by atoms with Crippen LogP contribution in [0.15, 0.2) is 29.2 Å². The first-order valence-electron chi connectivity index (χ1n) is 4.83. The number of primary amides is 1.